The van der Waals surface area contributed by atoms with Crippen molar-refractivity contribution in [1.82, 2.24) is 15.0 Å². The first kappa shape index (κ1) is 15.9. The van der Waals surface area contributed by atoms with Crippen molar-refractivity contribution >= 4 is 0 Å². The van der Waals surface area contributed by atoms with E-state index in [0.29, 0.717) is 0 Å². The van der Waals surface area contributed by atoms with Crippen molar-refractivity contribution in [2.45, 2.75) is 43.8 Å². The third-order valence-electron chi connectivity index (χ3n) is 4.22. The van der Waals surface area contributed by atoms with Gasteiger partial charge < -0.3 is 5.73 Å². The van der Waals surface area contributed by atoms with Gasteiger partial charge in [-0.3, -0.25) is 0 Å². The second kappa shape index (κ2) is 5.92. The molecule has 0 radical (unpaired) electrons. The van der Waals surface area contributed by atoms with Crippen molar-refractivity contribution in [3.05, 3.63) is 41.5 Å². The molecular weight excluding hydrogens is 312 g/mol. The monoisotopic (exact) mass is 328 g/mol. The van der Waals surface area contributed by atoms with Gasteiger partial charge in [-0.05, 0) is 43.9 Å². The molecule has 1 heterocycles. The number of nitrogens with two attached hydrogens (primary N) is 1. The molecule has 1 fully saturated rings. The molecule has 0 bridgehead atoms. The molecule has 0 atom stereocenters. The fourth-order valence-electron chi connectivity index (χ4n) is 2.88. The van der Waals surface area contributed by atoms with Crippen molar-refractivity contribution in [3.63, 3.8) is 0 Å². The molecule has 0 saturated heterocycles. The fourth-order valence-corrected chi connectivity index (χ4v) is 2.88. The summed E-state index contributed by atoms with van der Waals surface area (Å²) >= 11 is 0. The lowest BCUT2D eigenvalue weighted by Crippen LogP contribution is -2.25. The van der Waals surface area contributed by atoms with Crippen molar-refractivity contribution in [2.24, 2.45) is 5.73 Å². The van der Waals surface area contributed by atoms with Gasteiger partial charge in [0.05, 0.1) is 23.1 Å². The minimum atomic E-state index is -4.75. The van der Waals surface area contributed by atoms with Gasteiger partial charge in [0, 0.05) is 12.0 Å². The molecule has 1 aromatic carbocycles. The number of alkyl halides is 3. The van der Waals surface area contributed by atoms with E-state index in [2.05, 4.69) is 10.3 Å². The van der Waals surface area contributed by atoms with Crippen LogP contribution in [-0.2, 0) is 6.18 Å². The van der Waals surface area contributed by atoms with E-state index in [1.54, 1.807) is 6.20 Å². The molecule has 0 aliphatic heterocycles. The minimum Gasteiger partial charge on any atom is -0.328 e. The van der Waals surface area contributed by atoms with Gasteiger partial charge >= 0.3 is 6.18 Å². The Morgan fingerprint density at radius 2 is 1.83 bits per heavy atom. The molecule has 1 saturated carbocycles. The Morgan fingerprint density at radius 1 is 1.13 bits per heavy atom. The van der Waals surface area contributed by atoms with Crippen LogP contribution in [0.3, 0.4) is 0 Å². The first-order valence-corrected chi connectivity index (χ1v) is 7.39. The first-order chi connectivity index (χ1) is 10.8. The van der Waals surface area contributed by atoms with E-state index in [-0.39, 0.29) is 17.6 Å². The van der Waals surface area contributed by atoms with Gasteiger partial charge in [0.1, 0.15) is 5.82 Å². The molecule has 1 aliphatic carbocycles. The normalized spacial score (nSPS) is 22.3. The largest absolute Gasteiger partial charge is 0.419 e. The maximum atomic E-state index is 13.3. The highest BCUT2D eigenvalue weighted by Crippen LogP contribution is 2.33. The molecule has 2 aromatic rings. The second-order valence-corrected chi connectivity index (χ2v) is 5.86. The van der Waals surface area contributed by atoms with Crippen molar-refractivity contribution in [3.8, 4) is 5.69 Å². The van der Waals surface area contributed by atoms with E-state index < -0.39 is 17.6 Å². The van der Waals surface area contributed by atoms with Crippen molar-refractivity contribution in [2.75, 3.05) is 0 Å². The van der Waals surface area contributed by atoms with Crippen LogP contribution in [0.25, 0.3) is 5.69 Å². The topological polar surface area (TPSA) is 56.7 Å². The quantitative estimate of drug-likeness (QED) is 0.860. The van der Waals surface area contributed by atoms with Gasteiger partial charge in [0.2, 0.25) is 0 Å². The molecule has 2 N–H and O–H groups in total. The molecule has 3 rings (SSSR count). The van der Waals surface area contributed by atoms with Crippen molar-refractivity contribution < 1.29 is 17.6 Å². The number of halogens is 4. The van der Waals surface area contributed by atoms with Gasteiger partial charge in [-0.25, -0.2) is 9.07 Å². The highest BCUT2D eigenvalue weighted by molar-refractivity contribution is 5.37. The number of hydrogen-bond donors (Lipinski definition) is 1. The molecule has 0 amide bonds. The lowest BCUT2D eigenvalue weighted by Gasteiger charge is -2.24. The minimum absolute atomic E-state index is 0.130. The number of nitrogens with zero attached hydrogens (tertiary/aromatic N) is 3. The smallest absolute Gasteiger partial charge is 0.328 e. The van der Waals surface area contributed by atoms with E-state index in [1.807, 2.05) is 0 Å². The zero-order valence-electron chi connectivity index (χ0n) is 12.2. The predicted molar refractivity (Wildman–Crippen MR) is 75.5 cm³/mol. The molecule has 124 valence electrons. The molecule has 4 nitrogen and oxygen atoms in total. The summed E-state index contributed by atoms with van der Waals surface area (Å²) in [6, 6.07) is 2.98. The van der Waals surface area contributed by atoms with Crippen LogP contribution in [0.5, 0.6) is 0 Å². The fraction of sp³-hybridized carbons (Fsp3) is 0.467. The second-order valence-electron chi connectivity index (χ2n) is 5.86. The Hall–Kier alpha value is -1.96. The summed E-state index contributed by atoms with van der Waals surface area (Å²) in [5.74, 6) is -1.09. The van der Waals surface area contributed by atoms with E-state index in [0.717, 1.165) is 43.5 Å². The first-order valence-electron chi connectivity index (χ1n) is 7.39. The standard InChI is InChI=1S/C15H16F4N4/c16-13-6-5-11(7-12(13)15(17,18)19)23-8-14(21-22-23)9-1-3-10(20)4-2-9/h5-10H,1-4,20H2. The van der Waals surface area contributed by atoms with Crippen LogP contribution in [-0.4, -0.2) is 21.0 Å². The summed E-state index contributed by atoms with van der Waals surface area (Å²) in [5, 5.41) is 7.93. The van der Waals surface area contributed by atoms with E-state index in [1.165, 1.54) is 10.7 Å². The average Bonchev–Trinajstić information content (AvgIpc) is 2.97. The summed E-state index contributed by atoms with van der Waals surface area (Å²) in [7, 11) is 0. The summed E-state index contributed by atoms with van der Waals surface area (Å²) in [4.78, 5) is 0. The third kappa shape index (κ3) is 3.36. The molecule has 8 heteroatoms. The average molecular weight is 328 g/mol. The molecular formula is C15H16F4N4. The van der Waals surface area contributed by atoms with E-state index in [4.69, 9.17) is 5.73 Å². The summed E-state index contributed by atoms with van der Waals surface area (Å²) in [5.41, 5.74) is 5.41. The lowest BCUT2D eigenvalue weighted by atomic mass is 9.85. The molecule has 0 unspecified atom stereocenters. The zero-order valence-corrected chi connectivity index (χ0v) is 12.2. The van der Waals surface area contributed by atoms with Gasteiger partial charge in [0.25, 0.3) is 0 Å². The van der Waals surface area contributed by atoms with Crippen LogP contribution in [0, 0.1) is 5.82 Å². The lowest BCUT2D eigenvalue weighted by molar-refractivity contribution is -0.140. The number of hydrogen-bond acceptors (Lipinski definition) is 3. The third-order valence-corrected chi connectivity index (χ3v) is 4.22. The highest BCUT2D eigenvalue weighted by Gasteiger charge is 2.34. The molecule has 0 spiro atoms. The van der Waals surface area contributed by atoms with Crippen LogP contribution in [0.15, 0.2) is 24.4 Å². The SMILES string of the molecule is NC1CCC(c2cn(-c3ccc(F)c(C(F)(F)F)c3)nn2)CC1. The highest BCUT2D eigenvalue weighted by atomic mass is 19.4. The molecule has 1 aromatic heterocycles. The number of aromatic nitrogens is 3. The van der Waals surface area contributed by atoms with Crippen LogP contribution >= 0.6 is 0 Å². The van der Waals surface area contributed by atoms with E-state index >= 15 is 0 Å². The Morgan fingerprint density at radius 3 is 2.48 bits per heavy atom. The van der Waals surface area contributed by atoms with Gasteiger partial charge in [-0.15, -0.1) is 5.10 Å². The number of rotatable bonds is 2. The molecule has 23 heavy (non-hydrogen) atoms. The maximum Gasteiger partial charge on any atom is 0.419 e. The summed E-state index contributed by atoms with van der Waals surface area (Å²) in [6.45, 7) is 0. The Bertz CT molecular complexity index is 687. The Balaban J connectivity index is 1.86. The zero-order chi connectivity index (χ0) is 16.6. The van der Waals surface area contributed by atoms with Gasteiger partial charge in [-0.1, -0.05) is 5.21 Å². The maximum absolute atomic E-state index is 13.3. The van der Waals surface area contributed by atoms with Crippen LogP contribution in [0.4, 0.5) is 17.6 Å². The van der Waals surface area contributed by atoms with Gasteiger partial charge in [0.15, 0.2) is 0 Å². The summed E-state index contributed by atoms with van der Waals surface area (Å²) in [6.07, 6.45) is 0.421. The van der Waals surface area contributed by atoms with Crippen molar-refractivity contribution in [1.29, 1.82) is 0 Å². The summed E-state index contributed by atoms with van der Waals surface area (Å²) < 4.78 is 52.9. The molecule has 1 aliphatic rings. The van der Waals surface area contributed by atoms with Crippen LogP contribution in [0.2, 0.25) is 0 Å². The van der Waals surface area contributed by atoms with Crippen LogP contribution in [0.1, 0.15) is 42.9 Å². The number of benzene rings is 1. The van der Waals surface area contributed by atoms with Gasteiger partial charge in [-0.2, -0.15) is 13.2 Å². The van der Waals surface area contributed by atoms with E-state index in [9.17, 15) is 17.6 Å². The predicted octanol–water partition coefficient (Wildman–Crippen LogP) is 3.41. The van der Waals surface area contributed by atoms with Crippen LogP contribution < -0.4 is 5.73 Å². The Kier molecular flexibility index (Phi) is 4.09. The Labute approximate surface area is 130 Å².